The third-order valence-corrected chi connectivity index (χ3v) is 3.67. The highest BCUT2D eigenvalue weighted by molar-refractivity contribution is 14.1. The summed E-state index contributed by atoms with van der Waals surface area (Å²) in [5, 5.41) is -0.857. The molecule has 72 valence electrons. The van der Waals surface area contributed by atoms with Crippen LogP contribution in [0.15, 0.2) is 24.3 Å². The van der Waals surface area contributed by atoms with E-state index in [2.05, 4.69) is 22.6 Å². The molecule has 1 rings (SSSR count). The van der Waals surface area contributed by atoms with Crippen LogP contribution in [0.5, 0.6) is 0 Å². The number of hydrogen-bond acceptors (Lipinski definition) is 2. The highest BCUT2D eigenvalue weighted by Crippen LogP contribution is 2.21. The van der Waals surface area contributed by atoms with Gasteiger partial charge in [-0.15, -0.1) is 0 Å². The predicted octanol–water partition coefficient (Wildman–Crippen LogP) is 2.24. The molecule has 0 fully saturated rings. The lowest BCUT2D eigenvalue weighted by molar-refractivity contribution is 0.472. The van der Waals surface area contributed by atoms with E-state index >= 15 is 0 Å². The van der Waals surface area contributed by atoms with Crippen LogP contribution in [0.4, 0.5) is 0 Å². The van der Waals surface area contributed by atoms with E-state index in [4.69, 9.17) is 4.55 Å². The Labute approximate surface area is 91.1 Å². The lowest BCUT2D eigenvalue weighted by atomic mass is 10.2. The van der Waals surface area contributed by atoms with Crippen molar-refractivity contribution in [2.45, 2.75) is 12.2 Å². The Kier molecular flexibility index (Phi) is 3.31. The van der Waals surface area contributed by atoms with Gasteiger partial charge in [0, 0.05) is 3.57 Å². The Bertz CT molecular complexity index is 382. The largest absolute Gasteiger partial charge is 0.285 e. The summed E-state index contributed by atoms with van der Waals surface area (Å²) in [5.74, 6) is 0. The minimum atomic E-state index is -3.97. The molecule has 0 spiro atoms. The maximum Gasteiger partial charge on any atom is 0.271 e. The zero-order valence-electron chi connectivity index (χ0n) is 6.94. The van der Waals surface area contributed by atoms with Crippen molar-refractivity contribution >= 4 is 32.7 Å². The van der Waals surface area contributed by atoms with Gasteiger partial charge in [-0.3, -0.25) is 4.55 Å². The molecule has 0 radical (unpaired) electrons. The van der Waals surface area contributed by atoms with E-state index in [-0.39, 0.29) is 0 Å². The van der Waals surface area contributed by atoms with Crippen LogP contribution in [0.2, 0.25) is 0 Å². The first-order valence-corrected chi connectivity index (χ1v) is 6.21. The number of halogens is 1. The second-order valence-electron chi connectivity index (χ2n) is 2.71. The van der Waals surface area contributed by atoms with Crippen molar-refractivity contribution < 1.29 is 13.0 Å². The Morgan fingerprint density at radius 2 is 1.77 bits per heavy atom. The van der Waals surface area contributed by atoms with Crippen molar-refractivity contribution in [2.75, 3.05) is 0 Å². The van der Waals surface area contributed by atoms with Gasteiger partial charge in [0.15, 0.2) is 0 Å². The Balaban J connectivity index is 3.04. The van der Waals surface area contributed by atoms with Crippen LogP contribution < -0.4 is 0 Å². The molecule has 1 aromatic rings. The van der Waals surface area contributed by atoms with E-state index in [1.807, 2.05) is 0 Å². The maximum absolute atomic E-state index is 10.8. The second kappa shape index (κ2) is 3.93. The summed E-state index contributed by atoms with van der Waals surface area (Å²) in [6.07, 6.45) is 0. The van der Waals surface area contributed by atoms with Crippen LogP contribution in [0.3, 0.4) is 0 Å². The Hall–Kier alpha value is -0.140. The smallest absolute Gasteiger partial charge is 0.271 e. The van der Waals surface area contributed by atoms with E-state index in [0.29, 0.717) is 5.56 Å². The quantitative estimate of drug-likeness (QED) is 0.673. The normalized spacial score (nSPS) is 14.1. The molecule has 0 heterocycles. The summed E-state index contributed by atoms with van der Waals surface area (Å²) < 4.78 is 31.4. The number of benzene rings is 1. The molecule has 0 saturated carbocycles. The molecule has 1 atom stereocenters. The van der Waals surface area contributed by atoms with Gasteiger partial charge < -0.3 is 0 Å². The maximum atomic E-state index is 10.8. The monoisotopic (exact) mass is 312 g/mol. The summed E-state index contributed by atoms with van der Waals surface area (Å²) in [7, 11) is -3.97. The zero-order valence-corrected chi connectivity index (χ0v) is 9.91. The third-order valence-electron chi connectivity index (χ3n) is 1.79. The van der Waals surface area contributed by atoms with Crippen molar-refractivity contribution in [1.82, 2.24) is 0 Å². The minimum absolute atomic E-state index is 0.600. The van der Waals surface area contributed by atoms with Gasteiger partial charge in [-0.2, -0.15) is 8.42 Å². The van der Waals surface area contributed by atoms with E-state index in [1.165, 1.54) is 6.92 Å². The van der Waals surface area contributed by atoms with E-state index in [0.717, 1.165) is 3.57 Å². The van der Waals surface area contributed by atoms with Crippen LogP contribution in [-0.4, -0.2) is 13.0 Å². The lowest BCUT2D eigenvalue weighted by Crippen LogP contribution is -2.08. The first-order chi connectivity index (χ1) is 5.91. The fourth-order valence-corrected chi connectivity index (χ4v) is 1.77. The van der Waals surface area contributed by atoms with Crippen LogP contribution in [0.25, 0.3) is 0 Å². The fraction of sp³-hybridized carbons (Fsp3) is 0.250. The molecule has 0 aliphatic carbocycles. The molecular weight excluding hydrogens is 303 g/mol. The molecule has 0 aromatic heterocycles. The van der Waals surface area contributed by atoms with Crippen LogP contribution in [0, 0.1) is 3.57 Å². The van der Waals surface area contributed by atoms with Gasteiger partial charge in [0.1, 0.15) is 5.25 Å². The molecule has 0 amide bonds. The summed E-state index contributed by atoms with van der Waals surface area (Å²) in [4.78, 5) is 0. The molecule has 1 N–H and O–H groups in total. The van der Waals surface area contributed by atoms with Gasteiger partial charge >= 0.3 is 0 Å². The average Bonchev–Trinajstić information content (AvgIpc) is 2.03. The predicted molar refractivity (Wildman–Crippen MR) is 59.1 cm³/mol. The fourth-order valence-electron chi connectivity index (χ4n) is 0.906. The molecule has 5 heteroatoms. The molecule has 13 heavy (non-hydrogen) atoms. The first-order valence-electron chi connectivity index (χ1n) is 3.63. The zero-order chi connectivity index (χ0) is 10.1. The summed E-state index contributed by atoms with van der Waals surface area (Å²) >= 11 is 2.13. The average molecular weight is 312 g/mol. The molecular formula is C8H9IO3S. The summed E-state index contributed by atoms with van der Waals surface area (Å²) in [6, 6.07) is 7.00. The van der Waals surface area contributed by atoms with Crippen molar-refractivity contribution in [2.24, 2.45) is 0 Å². The minimum Gasteiger partial charge on any atom is -0.285 e. The van der Waals surface area contributed by atoms with Gasteiger partial charge in [-0.1, -0.05) is 12.1 Å². The molecule has 0 aliphatic heterocycles. The second-order valence-corrected chi connectivity index (χ2v) is 5.69. The van der Waals surface area contributed by atoms with Gasteiger partial charge in [-0.25, -0.2) is 0 Å². The summed E-state index contributed by atoms with van der Waals surface area (Å²) in [5.41, 5.74) is 0.600. The van der Waals surface area contributed by atoms with Crippen molar-refractivity contribution in [3.05, 3.63) is 33.4 Å². The molecule has 0 aliphatic rings. The van der Waals surface area contributed by atoms with Gasteiger partial charge in [0.05, 0.1) is 0 Å². The van der Waals surface area contributed by atoms with E-state index < -0.39 is 15.4 Å². The first kappa shape index (κ1) is 10.9. The van der Waals surface area contributed by atoms with Gasteiger partial charge in [0.25, 0.3) is 10.1 Å². The van der Waals surface area contributed by atoms with E-state index in [1.54, 1.807) is 24.3 Å². The SMILES string of the molecule is CC(c1ccc(I)cc1)S(=O)(=O)O. The van der Waals surface area contributed by atoms with Crippen molar-refractivity contribution in [3.8, 4) is 0 Å². The number of hydrogen-bond donors (Lipinski definition) is 1. The Morgan fingerprint density at radius 3 is 2.15 bits per heavy atom. The van der Waals surface area contributed by atoms with Crippen LogP contribution >= 0.6 is 22.6 Å². The van der Waals surface area contributed by atoms with Gasteiger partial charge in [0.2, 0.25) is 0 Å². The number of rotatable bonds is 2. The third kappa shape index (κ3) is 2.92. The highest BCUT2D eigenvalue weighted by Gasteiger charge is 2.18. The van der Waals surface area contributed by atoms with E-state index in [9.17, 15) is 8.42 Å². The molecule has 0 saturated heterocycles. The standard InChI is InChI=1S/C8H9IO3S/c1-6(13(10,11)12)7-2-4-8(9)5-3-7/h2-6H,1H3,(H,10,11,12). The highest BCUT2D eigenvalue weighted by atomic mass is 127. The lowest BCUT2D eigenvalue weighted by Gasteiger charge is -2.07. The molecule has 0 bridgehead atoms. The van der Waals surface area contributed by atoms with Crippen molar-refractivity contribution in [1.29, 1.82) is 0 Å². The Morgan fingerprint density at radius 1 is 1.31 bits per heavy atom. The van der Waals surface area contributed by atoms with Crippen molar-refractivity contribution in [3.63, 3.8) is 0 Å². The molecule has 1 aromatic carbocycles. The van der Waals surface area contributed by atoms with Crippen LogP contribution in [0.1, 0.15) is 17.7 Å². The topological polar surface area (TPSA) is 54.4 Å². The summed E-state index contributed by atoms with van der Waals surface area (Å²) in [6.45, 7) is 1.46. The van der Waals surface area contributed by atoms with Gasteiger partial charge in [-0.05, 0) is 47.2 Å². The van der Waals surface area contributed by atoms with Crippen LogP contribution in [-0.2, 0) is 10.1 Å². The molecule has 1 unspecified atom stereocenters. The molecule has 3 nitrogen and oxygen atoms in total.